The number of hydrogen-bond donors (Lipinski definition) is 1. The van der Waals surface area contributed by atoms with Crippen molar-refractivity contribution in [2.24, 2.45) is 10.8 Å². The highest BCUT2D eigenvalue weighted by Crippen LogP contribution is 2.29. The summed E-state index contributed by atoms with van der Waals surface area (Å²) in [6.07, 6.45) is 0.952. The van der Waals surface area contributed by atoms with Gasteiger partial charge in [-0.25, -0.2) is 0 Å². The summed E-state index contributed by atoms with van der Waals surface area (Å²) >= 11 is 0. The fourth-order valence-electron chi connectivity index (χ4n) is 2.25. The standard InChI is InChI=1S/C14H21N3/c1-10(2)11-4-6-12(7-5-11)14-8-13(9-15)16-17(14)3/h4-7,10,14H,8-9,15H2,1-3H3. The van der Waals surface area contributed by atoms with Gasteiger partial charge in [-0.3, -0.25) is 5.01 Å². The summed E-state index contributed by atoms with van der Waals surface area (Å²) in [7, 11) is 2.02. The molecule has 0 bridgehead atoms. The Morgan fingerprint density at radius 1 is 1.35 bits per heavy atom. The molecule has 1 aliphatic rings. The highest BCUT2D eigenvalue weighted by molar-refractivity contribution is 5.88. The molecular formula is C14H21N3. The monoisotopic (exact) mass is 231 g/mol. The third-order valence-electron chi connectivity index (χ3n) is 3.40. The van der Waals surface area contributed by atoms with Crippen LogP contribution in [0.25, 0.3) is 0 Å². The Morgan fingerprint density at radius 3 is 2.47 bits per heavy atom. The van der Waals surface area contributed by atoms with Crippen molar-refractivity contribution in [2.45, 2.75) is 32.2 Å². The number of benzene rings is 1. The third-order valence-corrected chi connectivity index (χ3v) is 3.40. The molecule has 0 saturated heterocycles. The molecule has 0 aromatic heterocycles. The molecule has 2 N–H and O–H groups in total. The van der Waals surface area contributed by atoms with Gasteiger partial charge in [0.2, 0.25) is 0 Å². The maximum atomic E-state index is 5.64. The van der Waals surface area contributed by atoms with Crippen molar-refractivity contribution in [3.63, 3.8) is 0 Å². The Labute approximate surface area is 103 Å². The van der Waals surface area contributed by atoms with E-state index in [4.69, 9.17) is 5.73 Å². The van der Waals surface area contributed by atoms with Crippen LogP contribution in [0.4, 0.5) is 0 Å². The van der Waals surface area contributed by atoms with Crippen molar-refractivity contribution < 1.29 is 0 Å². The Kier molecular flexibility index (Phi) is 3.48. The van der Waals surface area contributed by atoms with Crippen LogP contribution < -0.4 is 5.73 Å². The Hall–Kier alpha value is -1.35. The van der Waals surface area contributed by atoms with Gasteiger partial charge in [-0.15, -0.1) is 0 Å². The predicted octanol–water partition coefficient (Wildman–Crippen LogP) is 2.50. The van der Waals surface area contributed by atoms with Gasteiger partial charge in [0.15, 0.2) is 0 Å². The third kappa shape index (κ3) is 2.50. The predicted molar refractivity (Wildman–Crippen MR) is 72.1 cm³/mol. The summed E-state index contributed by atoms with van der Waals surface area (Å²) < 4.78 is 0. The smallest absolute Gasteiger partial charge is 0.0769 e. The summed E-state index contributed by atoms with van der Waals surface area (Å²) in [5.41, 5.74) is 9.44. The quantitative estimate of drug-likeness (QED) is 0.868. The highest BCUT2D eigenvalue weighted by atomic mass is 15.5. The summed E-state index contributed by atoms with van der Waals surface area (Å²) in [6.45, 7) is 4.99. The van der Waals surface area contributed by atoms with Crippen molar-refractivity contribution in [1.82, 2.24) is 5.01 Å². The Balaban J connectivity index is 2.14. The second-order valence-electron chi connectivity index (χ2n) is 4.99. The second-order valence-corrected chi connectivity index (χ2v) is 4.99. The van der Waals surface area contributed by atoms with Gasteiger partial charge in [-0.2, -0.15) is 5.10 Å². The highest BCUT2D eigenvalue weighted by Gasteiger charge is 2.24. The van der Waals surface area contributed by atoms with E-state index in [0.717, 1.165) is 12.1 Å². The van der Waals surface area contributed by atoms with Crippen LogP contribution in [-0.4, -0.2) is 24.3 Å². The van der Waals surface area contributed by atoms with Gasteiger partial charge in [0.1, 0.15) is 0 Å². The zero-order valence-electron chi connectivity index (χ0n) is 10.9. The summed E-state index contributed by atoms with van der Waals surface area (Å²) in [4.78, 5) is 0. The number of rotatable bonds is 3. The van der Waals surface area contributed by atoms with E-state index in [1.807, 2.05) is 12.1 Å². The van der Waals surface area contributed by atoms with Gasteiger partial charge in [-0.1, -0.05) is 38.1 Å². The van der Waals surface area contributed by atoms with E-state index in [-0.39, 0.29) is 0 Å². The van der Waals surface area contributed by atoms with E-state index >= 15 is 0 Å². The largest absolute Gasteiger partial charge is 0.325 e. The van der Waals surface area contributed by atoms with E-state index in [9.17, 15) is 0 Å². The van der Waals surface area contributed by atoms with Crippen molar-refractivity contribution in [2.75, 3.05) is 13.6 Å². The van der Waals surface area contributed by atoms with Crippen LogP contribution in [0.5, 0.6) is 0 Å². The lowest BCUT2D eigenvalue weighted by Crippen LogP contribution is -2.14. The Bertz CT molecular complexity index is 406. The van der Waals surface area contributed by atoms with Crippen molar-refractivity contribution in [1.29, 1.82) is 0 Å². The lowest BCUT2D eigenvalue weighted by molar-refractivity contribution is 0.290. The van der Waals surface area contributed by atoms with E-state index in [1.54, 1.807) is 0 Å². The second kappa shape index (κ2) is 4.88. The van der Waals surface area contributed by atoms with Crippen molar-refractivity contribution in [3.05, 3.63) is 35.4 Å². The SMILES string of the molecule is CC(C)c1ccc(C2CC(CN)=NN2C)cc1. The van der Waals surface area contributed by atoms with E-state index in [2.05, 4.69) is 43.2 Å². The van der Waals surface area contributed by atoms with Gasteiger partial charge >= 0.3 is 0 Å². The minimum Gasteiger partial charge on any atom is -0.325 e. The van der Waals surface area contributed by atoms with E-state index < -0.39 is 0 Å². The number of hydrazone groups is 1. The molecule has 17 heavy (non-hydrogen) atoms. The average Bonchev–Trinajstić information content (AvgIpc) is 2.71. The van der Waals surface area contributed by atoms with Crippen LogP contribution >= 0.6 is 0 Å². The molecule has 2 rings (SSSR count). The minimum absolute atomic E-state index is 0.356. The molecule has 0 saturated carbocycles. The molecule has 92 valence electrons. The minimum atomic E-state index is 0.356. The molecule has 0 amide bonds. The Morgan fingerprint density at radius 2 is 2.00 bits per heavy atom. The average molecular weight is 231 g/mol. The van der Waals surface area contributed by atoms with E-state index in [0.29, 0.717) is 18.5 Å². The van der Waals surface area contributed by atoms with Crippen LogP contribution in [-0.2, 0) is 0 Å². The maximum Gasteiger partial charge on any atom is 0.0769 e. The zero-order chi connectivity index (χ0) is 12.4. The van der Waals surface area contributed by atoms with Crippen molar-refractivity contribution in [3.8, 4) is 0 Å². The molecule has 3 heteroatoms. The topological polar surface area (TPSA) is 41.6 Å². The molecular weight excluding hydrogens is 210 g/mol. The van der Waals surface area contributed by atoms with Crippen LogP contribution in [0.3, 0.4) is 0 Å². The van der Waals surface area contributed by atoms with E-state index in [1.165, 1.54) is 11.1 Å². The molecule has 1 unspecified atom stereocenters. The summed E-state index contributed by atoms with van der Waals surface area (Å²) in [5.74, 6) is 0.584. The molecule has 0 spiro atoms. The first-order valence-corrected chi connectivity index (χ1v) is 6.21. The molecule has 1 aromatic rings. The first-order chi connectivity index (χ1) is 8.11. The van der Waals surface area contributed by atoms with Crippen LogP contribution in [0.2, 0.25) is 0 Å². The van der Waals surface area contributed by atoms with Crippen LogP contribution in [0, 0.1) is 0 Å². The van der Waals surface area contributed by atoms with Crippen LogP contribution in [0.1, 0.15) is 43.4 Å². The summed E-state index contributed by atoms with van der Waals surface area (Å²) in [6, 6.07) is 9.22. The maximum absolute atomic E-state index is 5.64. The van der Waals surface area contributed by atoms with Gasteiger partial charge in [0.25, 0.3) is 0 Å². The molecule has 0 fully saturated rings. The lowest BCUT2D eigenvalue weighted by atomic mass is 9.97. The van der Waals surface area contributed by atoms with Gasteiger partial charge in [-0.05, 0) is 17.0 Å². The fraction of sp³-hybridized carbons (Fsp3) is 0.500. The number of nitrogens with two attached hydrogens (primary N) is 1. The normalized spacial score (nSPS) is 19.9. The summed E-state index contributed by atoms with van der Waals surface area (Å²) in [5, 5.41) is 6.47. The van der Waals surface area contributed by atoms with Gasteiger partial charge in [0.05, 0.1) is 11.8 Å². The molecule has 0 radical (unpaired) electrons. The first kappa shape index (κ1) is 12.1. The number of hydrogen-bond acceptors (Lipinski definition) is 3. The molecule has 1 aliphatic heterocycles. The van der Waals surface area contributed by atoms with Crippen molar-refractivity contribution >= 4 is 5.71 Å². The molecule has 0 aliphatic carbocycles. The zero-order valence-corrected chi connectivity index (χ0v) is 10.9. The first-order valence-electron chi connectivity index (χ1n) is 6.21. The molecule has 1 aromatic carbocycles. The van der Waals surface area contributed by atoms with Gasteiger partial charge in [0, 0.05) is 20.0 Å². The molecule has 3 nitrogen and oxygen atoms in total. The number of nitrogens with zero attached hydrogens (tertiary/aromatic N) is 2. The fourth-order valence-corrected chi connectivity index (χ4v) is 2.25. The molecule has 1 heterocycles. The van der Waals surface area contributed by atoms with Crippen LogP contribution in [0.15, 0.2) is 29.4 Å². The van der Waals surface area contributed by atoms with Gasteiger partial charge < -0.3 is 5.73 Å². The molecule has 1 atom stereocenters. The lowest BCUT2D eigenvalue weighted by Gasteiger charge is -2.19.